The molecule has 1 N–H and O–H groups in total. The van der Waals surface area contributed by atoms with E-state index in [0.29, 0.717) is 6.04 Å². The van der Waals surface area contributed by atoms with Gasteiger partial charge in [0.2, 0.25) is 0 Å². The molecule has 2 heterocycles. The lowest BCUT2D eigenvalue weighted by molar-refractivity contribution is 0.0214. The molecule has 1 aromatic rings. The SMILES string of the molecule is CSC1CCC(n2cncc2C2CNCCO2)CC1. The summed E-state index contributed by atoms with van der Waals surface area (Å²) in [6.07, 6.45) is 11.6. The molecule has 5 heteroatoms. The van der Waals surface area contributed by atoms with Gasteiger partial charge in [0.15, 0.2) is 0 Å². The lowest BCUT2D eigenvalue weighted by atomic mass is 9.94. The molecule has 1 aliphatic heterocycles. The number of hydrogen-bond donors (Lipinski definition) is 1. The fraction of sp³-hybridized carbons (Fsp3) is 0.786. The van der Waals surface area contributed by atoms with Gasteiger partial charge in [-0.2, -0.15) is 11.8 Å². The molecule has 0 radical (unpaired) electrons. The van der Waals surface area contributed by atoms with Crippen molar-refractivity contribution >= 4 is 11.8 Å². The van der Waals surface area contributed by atoms with Gasteiger partial charge in [0.25, 0.3) is 0 Å². The van der Waals surface area contributed by atoms with Crippen LogP contribution >= 0.6 is 11.8 Å². The van der Waals surface area contributed by atoms with E-state index in [9.17, 15) is 0 Å². The Morgan fingerprint density at radius 2 is 2.21 bits per heavy atom. The van der Waals surface area contributed by atoms with Crippen molar-refractivity contribution in [2.75, 3.05) is 26.0 Å². The lowest BCUT2D eigenvalue weighted by Crippen LogP contribution is -2.35. The van der Waals surface area contributed by atoms with Gasteiger partial charge in [0.1, 0.15) is 6.10 Å². The highest BCUT2D eigenvalue weighted by Gasteiger charge is 2.26. The molecule has 106 valence electrons. The summed E-state index contributed by atoms with van der Waals surface area (Å²) in [6.45, 7) is 2.67. The van der Waals surface area contributed by atoms with Gasteiger partial charge < -0.3 is 14.6 Å². The first-order valence-corrected chi connectivity index (χ1v) is 8.54. The number of hydrogen-bond acceptors (Lipinski definition) is 4. The average molecular weight is 281 g/mol. The molecule has 2 aliphatic rings. The molecule has 3 rings (SSSR count). The van der Waals surface area contributed by atoms with Crippen LogP contribution in [0.5, 0.6) is 0 Å². The molecular weight excluding hydrogens is 258 g/mol. The smallest absolute Gasteiger partial charge is 0.111 e. The number of imidazole rings is 1. The minimum absolute atomic E-state index is 0.175. The van der Waals surface area contributed by atoms with Crippen LogP contribution in [-0.2, 0) is 4.74 Å². The Hall–Kier alpha value is -0.520. The highest BCUT2D eigenvalue weighted by atomic mass is 32.2. The number of ether oxygens (including phenoxy) is 1. The third-order valence-corrected chi connectivity index (χ3v) is 5.46. The Labute approximate surface area is 119 Å². The van der Waals surface area contributed by atoms with Crippen molar-refractivity contribution < 1.29 is 4.74 Å². The van der Waals surface area contributed by atoms with Gasteiger partial charge in [-0.3, -0.25) is 0 Å². The molecule has 0 amide bonds. The Balaban J connectivity index is 1.69. The maximum Gasteiger partial charge on any atom is 0.111 e. The zero-order valence-electron chi connectivity index (χ0n) is 11.5. The zero-order valence-corrected chi connectivity index (χ0v) is 12.4. The quantitative estimate of drug-likeness (QED) is 0.923. The Morgan fingerprint density at radius 3 is 2.89 bits per heavy atom. The van der Waals surface area contributed by atoms with Gasteiger partial charge in [-0.15, -0.1) is 0 Å². The van der Waals surface area contributed by atoms with E-state index in [1.54, 1.807) is 0 Å². The molecule has 0 bridgehead atoms. The standard InChI is InChI=1S/C14H23N3OS/c1-19-12-4-2-11(3-5-12)17-10-16-8-13(17)14-9-15-6-7-18-14/h8,10-12,14-15H,2-7,9H2,1H3. The van der Waals surface area contributed by atoms with E-state index in [1.165, 1.54) is 31.4 Å². The van der Waals surface area contributed by atoms with Crippen molar-refractivity contribution in [3.63, 3.8) is 0 Å². The van der Waals surface area contributed by atoms with Crippen LogP contribution in [0.4, 0.5) is 0 Å². The molecule has 0 aromatic carbocycles. The van der Waals surface area contributed by atoms with Gasteiger partial charge >= 0.3 is 0 Å². The van der Waals surface area contributed by atoms with E-state index in [2.05, 4.69) is 21.1 Å². The molecule has 1 unspecified atom stereocenters. The minimum atomic E-state index is 0.175. The normalized spacial score (nSPS) is 32.4. The van der Waals surface area contributed by atoms with E-state index in [1.807, 2.05) is 24.3 Å². The number of aromatic nitrogens is 2. The number of thioether (sulfide) groups is 1. The van der Waals surface area contributed by atoms with Crippen molar-refractivity contribution in [1.82, 2.24) is 14.9 Å². The number of nitrogens with zero attached hydrogens (tertiary/aromatic N) is 2. The second kappa shape index (κ2) is 6.29. The summed E-state index contributed by atoms with van der Waals surface area (Å²) in [5.74, 6) is 0. The first-order valence-electron chi connectivity index (χ1n) is 7.25. The van der Waals surface area contributed by atoms with Crippen LogP contribution in [0.1, 0.15) is 43.5 Å². The summed E-state index contributed by atoms with van der Waals surface area (Å²) >= 11 is 2.02. The van der Waals surface area contributed by atoms with Gasteiger partial charge in [-0.1, -0.05) is 0 Å². The fourth-order valence-corrected chi connectivity index (χ4v) is 3.93. The first kappa shape index (κ1) is 13.5. The summed E-state index contributed by atoms with van der Waals surface area (Å²) in [7, 11) is 0. The maximum atomic E-state index is 5.87. The zero-order chi connectivity index (χ0) is 13.1. The molecule has 1 aliphatic carbocycles. The number of nitrogens with one attached hydrogen (secondary N) is 1. The van der Waals surface area contributed by atoms with Crippen molar-refractivity contribution in [3.05, 3.63) is 18.2 Å². The molecule has 2 fully saturated rings. The van der Waals surface area contributed by atoms with Gasteiger partial charge in [-0.25, -0.2) is 4.98 Å². The van der Waals surface area contributed by atoms with Gasteiger partial charge in [0.05, 0.1) is 24.8 Å². The summed E-state index contributed by atoms with van der Waals surface area (Å²) in [5.41, 5.74) is 1.25. The van der Waals surface area contributed by atoms with Gasteiger partial charge in [0, 0.05) is 24.4 Å². The first-order chi connectivity index (χ1) is 9.38. The molecule has 1 atom stereocenters. The Kier molecular flexibility index (Phi) is 4.45. The van der Waals surface area contributed by atoms with Crippen LogP contribution in [0.25, 0.3) is 0 Å². The maximum absolute atomic E-state index is 5.87. The fourth-order valence-electron chi connectivity index (χ4n) is 3.18. The average Bonchev–Trinajstić information content (AvgIpc) is 2.98. The summed E-state index contributed by atoms with van der Waals surface area (Å²) < 4.78 is 8.24. The highest BCUT2D eigenvalue weighted by Crippen LogP contribution is 2.35. The molecule has 1 aromatic heterocycles. The van der Waals surface area contributed by atoms with Crippen LogP contribution in [0, 0.1) is 0 Å². The minimum Gasteiger partial charge on any atom is -0.369 e. The second-order valence-corrected chi connectivity index (χ2v) is 6.59. The number of rotatable bonds is 3. The van der Waals surface area contributed by atoms with Crippen LogP contribution in [0.2, 0.25) is 0 Å². The third-order valence-electron chi connectivity index (χ3n) is 4.32. The van der Waals surface area contributed by atoms with Crippen LogP contribution in [0.15, 0.2) is 12.5 Å². The number of morpholine rings is 1. The predicted molar refractivity (Wildman–Crippen MR) is 78.6 cm³/mol. The second-order valence-electron chi connectivity index (χ2n) is 5.46. The summed E-state index contributed by atoms with van der Waals surface area (Å²) in [5, 5.41) is 4.26. The Morgan fingerprint density at radius 1 is 1.37 bits per heavy atom. The van der Waals surface area contributed by atoms with E-state index in [-0.39, 0.29) is 6.10 Å². The van der Waals surface area contributed by atoms with E-state index >= 15 is 0 Å². The third kappa shape index (κ3) is 2.98. The predicted octanol–water partition coefficient (Wildman–Crippen LogP) is 2.39. The van der Waals surface area contributed by atoms with E-state index in [0.717, 1.165) is 24.9 Å². The molecule has 19 heavy (non-hydrogen) atoms. The van der Waals surface area contributed by atoms with Crippen molar-refractivity contribution in [3.8, 4) is 0 Å². The van der Waals surface area contributed by atoms with Crippen LogP contribution in [-0.4, -0.2) is 40.8 Å². The van der Waals surface area contributed by atoms with Crippen LogP contribution < -0.4 is 5.32 Å². The largest absolute Gasteiger partial charge is 0.369 e. The highest BCUT2D eigenvalue weighted by molar-refractivity contribution is 7.99. The van der Waals surface area contributed by atoms with Crippen molar-refractivity contribution in [2.45, 2.75) is 43.1 Å². The lowest BCUT2D eigenvalue weighted by Gasteiger charge is -2.31. The molecule has 0 spiro atoms. The summed E-state index contributed by atoms with van der Waals surface area (Å²) in [6, 6.07) is 0.617. The monoisotopic (exact) mass is 281 g/mol. The summed E-state index contributed by atoms with van der Waals surface area (Å²) in [4.78, 5) is 4.36. The van der Waals surface area contributed by atoms with Crippen LogP contribution in [0.3, 0.4) is 0 Å². The van der Waals surface area contributed by atoms with Crippen molar-refractivity contribution in [1.29, 1.82) is 0 Å². The molecular formula is C14H23N3OS. The van der Waals surface area contributed by atoms with Gasteiger partial charge in [-0.05, 0) is 31.9 Å². The van der Waals surface area contributed by atoms with Crippen molar-refractivity contribution in [2.24, 2.45) is 0 Å². The molecule has 1 saturated carbocycles. The topological polar surface area (TPSA) is 39.1 Å². The Bertz CT molecular complexity index is 395. The molecule has 4 nitrogen and oxygen atoms in total. The molecule has 1 saturated heterocycles. The van der Waals surface area contributed by atoms with E-state index in [4.69, 9.17) is 4.74 Å². The van der Waals surface area contributed by atoms with E-state index < -0.39 is 0 Å².